The highest BCUT2D eigenvalue weighted by atomic mass is 16.4. The van der Waals surface area contributed by atoms with Gasteiger partial charge in [0.25, 0.3) is 0 Å². The smallest absolute Gasteiger partial charge is 0.176 e. The van der Waals surface area contributed by atoms with Gasteiger partial charge in [0.2, 0.25) is 0 Å². The zero-order valence-electron chi connectivity index (χ0n) is 16.0. The zero-order chi connectivity index (χ0) is 19.5. The van der Waals surface area contributed by atoms with Crippen molar-refractivity contribution in [1.82, 2.24) is 0 Å². The van der Waals surface area contributed by atoms with Crippen molar-refractivity contribution in [2.24, 2.45) is 11.8 Å². The molecule has 0 fully saturated rings. The molecule has 140 valence electrons. The number of aliphatic hydroxyl groups is 3. The molecule has 0 aromatic heterocycles. The SMILES string of the molecule is CC(C)=CCC1C(=O)C(C(=O)C(C)C)=C(O)[C@@]1(O)[C@H](O)CC=C(C)C. The Bertz CT molecular complexity index is 630. The van der Waals surface area contributed by atoms with Crippen LogP contribution in [0.2, 0.25) is 0 Å². The van der Waals surface area contributed by atoms with Crippen LogP contribution in [0.1, 0.15) is 54.4 Å². The summed E-state index contributed by atoms with van der Waals surface area (Å²) in [5, 5.41) is 32.2. The van der Waals surface area contributed by atoms with Crippen molar-refractivity contribution >= 4 is 11.6 Å². The summed E-state index contributed by atoms with van der Waals surface area (Å²) in [4.78, 5) is 25.1. The molecule has 1 rings (SSSR count). The third-order valence-electron chi connectivity index (χ3n) is 4.50. The predicted octanol–water partition coefficient (Wildman–Crippen LogP) is 3.03. The third kappa shape index (κ3) is 4.28. The van der Waals surface area contributed by atoms with Crippen LogP contribution < -0.4 is 0 Å². The second-order valence-corrected chi connectivity index (χ2v) is 7.53. The molecule has 3 atom stereocenters. The highest BCUT2D eigenvalue weighted by Crippen LogP contribution is 2.43. The molecule has 0 spiro atoms. The Balaban J connectivity index is 3.42. The van der Waals surface area contributed by atoms with Gasteiger partial charge in [0, 0.05) is 5.92 Å². The van der Waals surface area contributed by atoms with E-state index >= 15 is 0 Å². The largest absolute Gasteiger partial charge is 0.508 e. The fourth-order valence-electron chi connectivity index (χ4n) is 2.94. The molecule has 0 aromatic carbocycles. The van der Waals surface area contributed by atoms with E-state index in [4.69, 9.17) is 0 Å². The molecular formula is C20H30O5. The van der Waals surface area contributed by atoms with Crippen molar-refractivity contribution in [3.63, 3.8) is 0 Å². The summed E-state index contributed by atoms with van der Waals surface area (Å²) in [5.41, 5.74) is -0.651. The van der Waals surface area contributed by atoms with Gasteiger partial charge in [-0.2, -0.15) is 0 Å². The zero-order valence-corrected chi connectivity index (χ0v) is 16.0. The highest BCUT2D eigenvalue weighted by molar-refractivity contribution is 6.24. The molecule has 0 aromatic rings. The predicted molar refractivity (Wildman–Crippen MR) is 97.0 cm³/mol. The average molecular weight is 350 g/mol. The molecule has 0 radical (unpaired) electrons. The van der Waals surface area contributed by atoms with Crippen molar-refractivity contribution in [2.45, 2.75) is 66.1 Å². The van der Waals surface area contributed by atoms with E-state index in [0.717, 1.165) is 11.1 Å². The van der Waals surface area contributed by atoms with Gasteiger partial charge in [0.1, 0.15) is 11.3 Å². The Morgan fingerprint density at radius 3 is 2.12 bits per heavy atom. The van der Waals surface area contributed by atoms with Gasteiger partial charge in [0.15, 0.2) is 17.2 Å². The Kier molecular flexibility index (Phi) is 6.91. The fraction of sp³-hybridized carbons (Fsp3) is 0.600. The number of carbonyl (C=O) groups is 2. The van der Waals surface area contributed by atoms with Crippen LogP contribution >= 0.6 is 0 Å². The maximum atomic E-state index is 12.8. The van der Waals surface area contributed by atoms with Gasteiger partial charge in [-0.1, -0.05) is 37.1 Å². The number of Topliss-reactive ketones (excluding diaryl/α,β-unsaturated/α-hetero) is 2. The maximum absolute atomic E-state index is 12.8. The third-order valence-corrected chi connectivity index (χ3v) is 4.50. The lowest BCUT2D eigenvalue weighted by molar-refractivity contribution is -0.134. The van der Waals surface area contributed by atoms with Crippen LogP contribution in [0.5, 0.6) is 0 Å². The summed E-state index contributed by atoms with van der Waals surface area (Å²) in [7, 11) is 0. The van der Waals surface area contributed by atoms with Crippen LogP contribution in [0.25, 0.3) is 0 Å². The number of ketones is 2. The summed E-state index contributed by atoms with van der Waals surface area (Å²) < 4.78 is 0. The summed E-state index contributed by atoms with van der Waals surface area (Å²) in [5.74, 6) is -3.40. The van der Waals surface area contributed by atoms with Crippen LogP contribution in [0.4, 0.5) is 0 Å². The Morgan fingerprint density at radius 2 is 1.68 bits per heavy atom. The van der Waals surface area contributed by atoms with Crippen LogP contribution in [0.15, 0.2) is 34.6 Å². The molecule has 1 aliphatic carbocycles. The molecule has 1 aliphatic rings. The second kappa shape index (κ2) is 8.11. The van der Waals surface area contributed by atoms with Crippen molar-refractivity contribution in [1.29, 1.82) is 0 Å². The molecule has 5 nitrogen and oxygen atoms in total. The fourth-order valence-corrected chi connectivity index (χ4v) is 2.94. The van der Waals surface area contributed by atoms with Gasteiger partial charge < -0.3 is 15.3 Å². The van der Waals surface area contributed by atoms with E-state index in [-0.39, 0.29) is 18.4 Å². The molecule has 25 heavy (non-hydrogen) atoms. The number of rotatable bonds is 7. The average Bonchev–Trinajstić information content (AvgIpc) is 2.69. The molecule has 0 saturated heterocycles. The van der Waals surface area contributed by atoms with Crippen LogP contribution in [0.3, 0.4) is 0 Å². The summed E-state index contributed by atoms with van der Waals surface area (Å²) in [6.45, 7) is 10.6. The molecule has 0 heterocycles. The highest BCUT2D eigenvalue weighted by Gasteiger charge is 2.58. The van der Waals surface area contributed by atoms with Gasteiger partial charge in [0.05, 0.1) is 12.0 Å². The second-order valence-electron chi connectivity index (χ2n) is 7.53. The number of aliphatic hydroxyl groups excluding tert-OH is 2. The van der Waals surface area contributed by atoms with Gasteiger partial charge in [-0.3, -0.25) is 9.59 Å². The first-order chi connectivity index (χ1) is 11.4. The summed E-state index contributed by atoms with van der Waals surface area (Å²) >= 11 is 0. The molecule has 0 amide bonds. The topological polar surface area (TPSA) is 94.8 Å². The molecular weight excluding hydrogens is 320 g/mol. The summed E-state index contributed by atoms with van der Waals surface area (Å²) in [6, 6.07) is 0. The Labute approximate surface area is 149 Å². The first kappa shape index (κ1) is 21.3. The first-order valence-electron chi connectivity index (χ1n) is 8.63. The lowest BCUT2D eigenvalue weighted by Gasteiger charge is -2.33. The minimum atomic E-state index is -2.16. The van der Waals surface area contributed by atoms with E-state index in [1.807, 2.05) is 27.7 Å². The number of allylic oxidation sites excluding steroid dienone is 4. The summed E-state index contributed by atoms with van der Waals surface area (Å²) in [6.07, 6.45) is 2.31. The monoisotopic (exact) mass is 350 g/mol. The minimum Gasteiger partial charge on any atom is -0.508 e. The molecule has 0 aliphatic heterocycles. The van der Waals surface area contributed by atoms with E-state index in [2.05, 4.69) is 0 Å². The van der Waals surface area contributed by atoms with E-state index in [9.17, 15) is 24.9 Å². The van der Waals surface area contributed by atoms with Gasteiger partial charge in [-0.25, -0.2) is 0 Å². The van der Waals surface area contributed by atoms with Gasteiger partial charge in [-0.05, 0) is 40.5 Å². The van der Waals surface area contributed by atoms with Crippen molar-refractivity contribution in [3.8, 4) is 0 Å². The van der Waals surface area contributed by atoms with Crippen molar-refractivity contribution in [2.75, 3.05) is 0 Å². The quantitative estimate of drug-likeness (QED) is 0.484. The minimum absolute atomic E-state index is 0.0741. The van der Waals surface area contributed by atoms with E-state index in [1.54, 1.807) is 26.0 Å². The van der Waals surface area contributed by atoms with E-state index in [1.165, 1.54) is 0 Å². The first-order valence-corrected chi connectivity index (χ1v) is 8.63. The van der Waals surface area contributed by atoms with Crippen LogP contribution in [0, 0.1) is 11.8 Å². The molecule has 0 bridgehead atoms. The lowest BCUT2D eigenvalue weighted by Crippen LogP contribution is -2.49. The number of hydrogen-bond donors (Lipinski definition) is 3. The van der Waals surface area contributed by atoms with Crippen molar-refractivity contribution in [3.05, 3.63) is 34.6 Å². The molecule has 3 N–H and O–H groups in total. The lowest BCUT2D eigenvalue weighted by atomic mass is 9.80. The van der Waals surface area contributed by atoms with Gasteiger partial charge in [-0.15, -0.1) is 0 Å². The molecule has 5 heteroatoms. The number of hydrogen-bond acceptors (Lipinski definition) is 5. The standard InChI is InChI=1S/C20H30O5/c1-11(2)7-9-14-18(23)16(17(22)13(5)6)19(24)20(14,25)15(21)10-8-12(3)4/h7-8,13-15,21,24-25H,9-10H2,1-6H3/t14?,15-,20+/m1/s1. The van der Waals surface area contributed by atoms with Gasteiger partial charge >= 0.3 is 0 Å². The number of carbonyl (C=O) groups excluding carboxylic acids is 2. The van der Waals surface area contributed by atoms with Crippen LogP contribution in [-0.4, -0.2) is 38.6 Å². The molecule has 1 unspecified atom stereocenters. The Hall–Kier alpha value is -1.72. The maximum Gasteiger partial charge on any atom is 0.176 e. The normalized spacial score (nSPS) is 24.5. The van der Waals surface area contributed by atoms with Crippen molar-refractivity contribution < 1.29 is 24.9 Å². The van der Waals surface area contributed by atoms with E-state index < -0.39 is 40.9 Å². The van der Waals surface area contributed by atoms with E-state index in [0.29, 0.717) is 0 Å². The molecule has 0 saturated carbocycles. The van der Waals surface area contributed by atoms with Crippen LogP contribution in [-0.2, 0) is 9.59 Å². The Morgan fingerprint density at radius 1 is 1.16 bits per heavy atom.